The first-order valence-corrected chi connectivity index (χ1v) is 7.13. The summed E-state index contributed by atoms with van der Waals surface area (Å²) < 4.78 is 16.9. The van der Waals surface area contributed by atoms with E-state index in [0.717, 1.165) is 11.8 Å². The highest BCUT2D eigenvalue weighted by Crippen LogP contribution is 2.42. The summed E-state index contributed by atoms with van der Waals surface area (Å²) in [5.41, 5.74) is -0.922. The highest BCUT2D eigenvalue weighted by Gasteiger charge is 2.55. The quantitative estimate of drug-likeness (QED) is 0.674. The van der Waals surface area contributed by atoms with E-state index in [1.807, 2.05) is 30.3 Å². The zero-order valence-corrected chi connectivity index (χ0v) is 12.2. The van der Waals surface area contributed by atoms with Crippen LogP contribution in [0.1, 0.15) is 32.1 Å². The summed E-state index contributed by atoms with van der Waals surface area (Å²) in [6.07, 6.45) is 0.122. The molecule has 0 aliphatic carbocycles. The molecule has 1 aromatic rings. The summed E-state index contributed by atoms with van der Waals surface area (Å²) in [5.74, 6) is 0. The zero-order chi connectivity index (χ0) is 15.1. The van der Waals surface area contributed by atoms with Gasteiger partial charge in [0.2, 0.25) is 0 Å². The Balaban J connectivity index is 1.70. The third kappa shape index (κ3) is 2.87. The van der Waals surface area contributed by atoms with Gasteiger partial charge in [-0.3, -0.25) is 0 Å². The molecule has 5 atom stereocenters. The number of epoxide rings is 1. The minimum atomic E-state index is -1.10. The molecule has 0 radical (unpaired) electrons. The number of aliphatic hydroxyl groups is 1. The lowest BCUT2D eigenvalue weighted by Crippen LogP contribution is -2.51. The van der Waals surface area contributed by atoms with Crippen molar-refractivity contribution >= 4 is 6.29 Å². The smallest absolute Gasteiger partial charge is 0.184 e. The van der Waals surface area contributed by atoms with Gasteiger partial charge in [-0.2, -0.15) is 0 Å². The number of aldehydes is 1. The Bertz CT molecular complexity index is 515. The number of ether oxygens (including phenoxy) is 3. The lowest BCUT2D eigenvalue weighted by atomic mass is 9.92. The van der Waals surface area contributed by atoms with Gasteiger partial charge < -0.3 is 24.1 Å². The average Bonchev–Trinajstić information content (AvgIpc) is 3.13. The van der Waals surface area contributed by atoms with E-state index in [-0.39, 0.29) is 12.7 Å². The van der Waals surface area contributed by atoms with E-state index in [9.17, 15) is 9.90 Å². The Hall–Kier alpha value is -1.27. The lowest BCUT2D eigenvalue weighted by Gasteiger charge is -2.40. The molecule has 2 aliphatic rings. The normalized spacial score (nSPS) is 42.5. The molecule has 0 aromatic heterocycles. The van der Waals surface area contributed by atoms with Gasteiger partial charge in [-0.25, -0.2) is 0 Å². The van der Waals surface area contributed by atoms with Crippen LogP contribution in [0.2, 0.25) is 0 Å². The molecule has 0 spiro atoms. The molecular weight excluding hydrogens is 272 g/mol. The van der Waals surface area contributed by atoms with Crippen LogP contribution in [0.4, 0.5) is 0 Å². The van der Waals surface area contributed by atoms with Gasteiger partial charge in [0, 0.05) is 12.0 Å². The van der Waals surface area contributed by atoms with Crippen LogP contribution in [-0.2, 0) is 19.0 Å². The van der Waals surface area contributed by atoms with Gasteiger partial charge in [0.15, 0.2) is 12.6 Å². The Labute approximate surface area is 123 Å². The Morgan fingerprint density at radius 2 is 2.00 bits per heavy atom. The van der Waals surface area contributed by atoms with Crippen molar-refractivity contribution in [1.29, 1.82) is 0 Å². The van der Waals surface area contributed by atoms with Gasteiger partial charge in [-0.15, -0.1) is 0 Å². The lowest BCUT2D eigenvalue weighted by molar-refractivity contribution is -0.290. The first kappa shape index (κ1) is 14.7. The second-order valence-electron chi connectivity index (χ2n) is 6.18. The molecule has 5 heteroatoms. The molecule has 2 heterocycles. The second kappa shape index (κ2) is 5.18. The van der Waals surface area contributed by atoms with Crippen LogP contribution >= 0.6 is 0 Å². The predicted molar refractivity (Wildman–Crippen MR) is 74.6 cm³/mol. The van der Waals surface area contributed by atoms with Gasteiger partial charge in [0.1, 0.15) is 11.2 Å². The van der Waals surface area contributed by atoms with Gasteiger partial charge in [0.25, 0.3) is 0 Å². The number of hydrogen-bond donors (Lipinski definition) is 1. The van der Waals surface area contributed by atoms with Crippen molar-refractivity contribution in [2.75, 3.05) is 6.61 Å². The van der Waals surface area contributed by atoms with E-state index in [4.69, 9.17) is 14.2 Å². The standard InChI is InChI=1S/C16H20O5/c1-15(18)10-19-14(11-6-4-3-5-7-11)20-12(15)8-13-16(2,9-17)21-13/h3-7,9,12-14,18H,8,10H2,1-2H3/t12-,13+,14+,15+,16+/m0/s1. The van der Waals surface area contributed by atoms with Crippen molar-refractivity contribution in [2.45, 2.75) is 50.0 Å². The van der Waals surface area contributed by atoms with Crippen molar-refractivity contribution in [3.05, 3.63) is 35.9 Å². The summed E-state index contributed by atoms with van der Waals surface area (Å²) in [4.78, 5) is 10.9. The highest BCUT2D eigenvalue weighted by molar-refractivity contribution is 5.66. The third-order valence-electron chi connectivity index (χ3n) is 4.22. The molecule has 114 valence electrons. The molecule has 1 N–H and O–H groups in total. The first-order valence-electron chi connectivity index (χ1n) is 7.13. The van der Waals surface area contributed by atoms with Gasteiger partial charge in [-0.05, 0) is 13.8 Å². The number of carbonyl (C=O) groups is 1. The maximum atomic E-state index is 10.9. The van der Waals surface area contributed by atoms with Crippen molar-refractivity contribution in [1.82, 2.24) is 0 Å². The Kier molecular flexibility index (Phi) is 3.61. The zero-order valence-electron chi connectivity index (χ0n) is 12.2. The largest absolute Gasteiger partial charge is 0.385 e. The molecule has 2 fully saturated rings. The Morgan fingerprint density at radius 1 is 1.29 bits per heavy atom. The number of benzene rings is 1. The minimum absolute atomic E-state index is 0.182. The molecule has 3 rings (SSSR count). The van der Waals surface area contributed by atoms with E-state index in [1.165, 1.54) is 0 Å². The molecule has 2 saturated heterocycles. The molecule has 21 heavy (non-hydrogen) atoms. The maximum absolute atomic E-state index is 10.9. The van der Waals surface area contributed by atoms with E-state index in [2.05, 4.69) is 0 Å². The van der Waals surface area contributed by atoms with Gasteiger partial charge in [0.05, 0.1) is 18.8 Å². The SMILES string of the molecule is C[C@]1(C=O)O[C@@H]1C[C@@H]1O[C@H](c2ccccc2)OC[C@@]1(C)O. The summed E-state index contributed by atoms with van der Waals surface area (Å²) in [7, 11) is 0. The molecular formula is C16H20O5. The molecule has 2 aliphatic heterocycles. The topological polar surface area (TPSA) is 68.3 Å². The maximum Gasteiger partial charge on any atom is 0.184 e. The fourth-order valence-electron chi connectivity index (χ4n) is 2.62. The monoisotopic (exact) mass is 292 g/mol. The number of rotatable bonds is 4. The van der Waals surface area contributed by atoms with Crippen molar-refractivity contribution < 1.29 is 24.1 Å². The van der Waals surface area contributed by atoms with Crippen molar-refractivity contribution in [2.24, 2.45) is 0 Å². The van der Waals surface area contributed by atoms with E-state index < -0.39 is 23.6 Å². The van der Waals surface area contributed by atoms with Crippen LogP contribution in [0.25, 0.3) is 0 Å². The fourth-order valence-corrected chi connectivity index (χ4v) is 2.62. The number of carbonyl (C=O) groups excluding carboxylic acids is 1. The second-order valence-corrected chi connectivity index (χ2v) is 6.18. The van der Waals surface area contributed by atoms with Crippen LogP contribution in [0.3, 0.4) is 0 Å². The van der Waals surface area contributed by atoms with Gasteiger partial charge in [-0.1, -0.05) is 30.3 Å². The summed E-state index contributed by atoms with van der Waals surface area (Å²) in [5, 5.41) is 10.4. The molecule has 0 unspecified atom stereocenters. The molecule has 1 aromatic carbocycles. The average molecular weight is 292 g/mol. The minimum Gasteiger partial charge on any atom is -0.385 e. The van der Waals surface area contributed by atoms with Crippen molar-refractivity contribution in [3.8, 4) is 0 Å². The Morgan fingerprint density at radius 3 is 2.62 bits per heavy atom. The molecule has 0 amide bonds. The first-order chi connectivity index (χ1) is 9.94. The molecule has 0 saturated carbocycles. The van der Waals surface area contributed by atoms with Crippen LogP contribution in [-0.4, -0.2) is 41.4 Å². The third-order valence-corrected chi connectivity index (χ3v) is 4.22. The van der Waals surface area contributed by atoms with E-state index in [1.54, 1.807) is 13.8 Å². The summed E-state index contributed by atoms with van der Waals surface area (Å²) >= 11 is 0. The predicted octanol–water partition coefficient (Wildman–Crippen LogP) is 1.60. The van der Waals surface area contributed by atoms with E-state index in [0.29, 0.717) is 6.42 Å². The molecule has 5 nitrogen and oxygen atoms in total. The summed E-state index contributed by atoms with van der Waals surface area (Å²) in [6.45, 7) is 3.61. The van der Waals surface area contributed by atoms with Crippen LogP contribution in [0, 0.1) is 0 Å². The van der Waals surface area contributed by atoms with Gasteiger partial charge >= 0.3 is 0 Å². The van der Waals surface area contributed by atoms with Crippen LogP contribution < -0.4 is 0 Å². The fraction of sp³-hybridized carbons (Fsp3) is 0.562. The van der Waals surface area contributed by atoms with E-state index >= 15 is 0 Å². The number of hydrogen-bond acceptors (Lipinski definition) is 5. The highest BCUT2D eigenvalue weighted by atomic mass is 16.7. The van der Waals surface area contributed by atoms with Crippen LogP contribution in [0.5, 0.6) is 0 Å². The van der Waals surface area contributed by atoms with Crippen LogP contribution in [0.15, 0.2) is 30.3 Å². The summed E-state index contributed by atoms with van der Waals surface area (Å²) in [6, 6.07) is 9.60. The van der Waals surface area contributed by atoms with Crippen molar-refractivity contribution in [3.63, 3.8) is 0 Å². The molecule has 0 bridgehead atoms.